The highest BCUT2D eigenvalue weighted by Crippen LogP contribution is 2.74. The third-order valence-corrected chi connectivity index (χ3v) is 7.48. The van der Waals surface area contributed by atoms with E-state index in [1.54, 1.807) is 0 Å². The molecule has 1 aromatic rings. The van der Waals surface area contributed by atoms with Crippen LogP contribution in [0, 0.1) is 35.5 Å². The van der Waals surface area contributed by atoms with Crippen LogP contribution in [0.4, 0.5) is 0 Å². The van der Waals surface area contributed by atoms with Crippen molar-refractivity contribution in [2.75, 3.05) is 0 Å². The summed E-state index contributed by atoms with van der Waals surface area (Å²) in [6, 6.07) is 8.27. The summed E-state index contributed by atoms with van der Waals surface area (Å²) in [4.78, 5) is 11.6. The van der Waals surface area contributed by atoms with E-state index in [2.05, 4.69) is 24.3 Å². The first kappa shape index (κ1) is 13.2. The number of carbonyl (C=O) groups is 1. The van der Waals surface area contributed by atoms with Gasteiger partial charge in [0.25, 0.3) is 0 Å². The van der Waals surface area contributed by atoms with Crippen molar-refractivity contribution in [3.8, 4) is 0 Å². The largest absolute Gasteiger partial charge is 0.481 e. The van der Waals surface area contributed by atoms with E-state index in [0.29, 0.717) is 29.6 Å². The number of allylic oxidation sites excluding steroid dienone is 2. The van der Waals surface area contributed by atoms with Crippen LogP contribution in [0.2, 0.25) is 5.02 Å². The van der Waals surface area contributed by atoms with Gasteiger partial charge in [-0.2, -0.15) is 0 Å². The van der Waals surface area contributed by atoms with Gasteiger partial charge in [0.05, 0.1) is 5.92 Å². The molecule has 0 aliphatic heterocycles. The molecule has 3 heteroatoms. The number of carboxylic acid groups (broad SMARTS) is 1. The van der Waals surface area contributed by atoms with E-state index in [1.807, 2.05) is 12.1 Å². The molecule has 0 saturated heterocycles. The molecule has 1 N–H and O–H groups in total. The predicted molar refractivity (Wildman–Crippen MR) is 84.7 cm³/mol. The summed E-state index contributed by atoms with van der Waals surface area (Å²) >= 11 is 6.60. The Morgan fingerprint density at radius 2 is 2.00 bits per heavy atom. The fourth-order valence-electron chi connectivity index (χ4n) is 6.75. The Bertz CT molecular complexity index is 696. The SMILES string of the molecule is O=C(O)C1CC2CC1C1C3C=CC(C3)C21c1ccccc1Cl. The molecule has 2 nitrogen and oxygen atoms in total. The van der Waals surface area contributed by atoms with Crippen LogP contribution in [-0.2, 0) is 10.2 Å². The number of aliphatic carboxylic acids is 1. The van der Waals surface area contributed by atoms with Gasteiger partial charge < -0.3 is 5.11 Å². The van der Waals surface area contributed by atoms with Crippen molar-refractivity contribution in [2.24, 2.45) is 35.5 Å². The van der Waals surface area contributed by atoms with E-state index in [9.17, 15) is 9.90 Å². The Morgan fingerprint density at radius 1 is 1.18 bits per heavy atom. The summed E-state index contributed by atoms with van der Waals surface area (Å²) in [6.45, 7) is 0. The highest BCUT2D eigenvalue weighted by atomic mass is 35.5. The molecule has 22 heavy (non-hydrogen) atoms. The number of hydrogen-bond acceptors (Lipinski definition) is 1. The maximum Gasteiger partial charge on any atom is 0.306 e. The first-order valence-electron chi connectivity index (χ1n) is 8.30. The average Bonchev–Trinajstić information content (AvgIpc) is 3.25. The van der Waals surface area contributed by atoms with E-state index in [0.717, 1.165) is 17.9 Å². The first-order chi connectivity index (χ1) is 10.6. The van der Waals surface area contributed by atoms with Crippen molar-refractivity contribution in [1.29, 1.82) is 0 Å². The van der Waals surface area contributed by atoms with Gasteiger partial charge in [0, 0.05) is 10.4 Å². The van der Waals surface area contributed by atoms with Gasteiger partial charge in [-0.05, 0) is 60.5 Å². The molecular weight excluding hydrogens is 296 g/mol. The molecule has 4 aliphatic rings. The van der Waals surface area contributed by atoms with Gasteiger partial charge >= 0.3 is 5.97 Å². The second-order valence-corrected chi connectivity index (χ2v) is 8.01. The fraction of sp³-hybridized carbons (Fsp3) is 0.526. The number of hydrogen-bond donors (Lipinski definition) is 1. The van der Waals surface area contributed by atoms with Crippen LogP contribution in [0.15, 0.2) is 36.4 Å². The van der Waals surface area contributed by atoms with Gasteiger partial charge in [0.1, 0.15) is 0 Å². The van der Waals surface area contributed by atoms with E-state index in [4.69, 9.17) is 11.6 Å². The van der Waals surface area contributed by atoms with Gasteiger partial charge in [0.15, 0.2) is 0 Å². The Kier molecular flexibility index (Phi) is 2.50. The molecule has 1 aromatic carbocycles. The van der Waals surface area contributed by atoms with Gasteiger partial charge in [-0.3, -0.25) is 4.79 Å². The van der Waals surface area contributed by atoms with Gasteiger partial charge in [-0.25, -0.2) is 0 Å². The molecule has 0 radical (unpaired) electrons. The first-order valence-corrected chi connectivity index (χ1v) is 8.68. The van der Waals surface area contributed by atoms with Crippen LogP contribution >= 0.6 is 11.6 Å². The number of benzene rings is 1. The fourth-order valence-corrected chi connectivity index (χ4v) is 7.05. The van der Waals surface area contributed by atoms with E-state index in [1.165, 1.54) is 12.0 Å². The van der Waals surface area contributed by atoms with E-state index < -0.39 is 5.97 Å². The van der Waals surface area contributed by atoms with Gasteiger partial charge in [-0.15, -0.1) is 0 Å². The Hall–Kier alpha value is -1.28. The Morgan fingerprint density at radius 3 is 2.77 bits per heavy atom. The standard InChI is InChI=1S/C19H19ClO2/c20-16-4-2-1-3-15(16)19-11-6-5-10(7-11)17(19)13-8-12(19)9-14(13)18(21)22/h1-6,10-14,17H,7-9H2,(H,21,22). The summed E-state index contributed by atoms with van der Waals surface area (Å²) in [6.07, 6.45) is 7.83. The van der Waals surface area contributed by atoms with Crippen molar-refractivity contribution >= 4 is 17.6 Å². The second-order valence-electron chi connectivity index (χ2n) is 7.61. The Balaban J connectivity index is 1.70. The average molecular weight is 315 g/mol. The number of fused-ring (bicyclic) bond motifs is 9. The highest BCUT2D eigenvalue weighted by molar-refractivity contribution is 6.31. The minimum atomic E-state index is -0.591. The van der Waals surface area contributed by atoms with Crippen LogP contribution in [0.25, 0.3) is 0 Å². The molecule has 0 heterocycles. The molecule has 7 atom stereocenters. The Labute approximate surface area is 135 Å². The number of rotatable bonds is 2. The third kappa shape index (κ3) is 1.32. The lowest BCUT2D eigenvalue weighted by molar-refractivity contribution is -0.145. The summed E-state index contributed by atoms with van der Waals surface area (Å²) in [5, 5.41) is 10.5. The summed E-state index contributed by atoms with van der Waals surface area (Å²) in [7, 11) is 0. The van der Waals surface area contributed by atoms with Crippen LogP contribution < -0.4 is 0 Å². The normalized spacial score (nSPS) is 47.1. The maximum absolute atomic E-state index is 11.6. The molecule has 5 rings (SSSR count). The summed E-state index contributed by atoms with van der Waals surface area (Å²) in [5.41, 5.74) is 1.39. The molecule has 4 aliphatic carbocycles. The monoisotopic (exact) mass is 314 g/mol. The summed E-state index contributed by atoms with van der Waals surface area (Å²) < 4.78 is 0. The third-order valence-electron chi connectivity index (χ3n) is 7.15. The highest BCUT2D eigenvalue weighted by Gasteiger charge is 2.71. The molecule has 7 unspecified atom stereocenters. The van der Waals surface area contributed by atoms with Crippen molar-refractivity contribution < 1.29 is 9.90 Å². The zero-order valence-electron chi connectivity index (χ0n) is 12.3. The van der Waals surface area contributed by atoms with Crippen LogP contribution in [-0.4, -0.2) is 11.1 Å². The van der Waals surface area contributed by atoms with Gasteiger partial charge in [0.2, 0.25) is 0 Å². The lowest BCUT2D eigenvalue weighted by Gasteiger charge is -2.47. The minimum absolute atomic E-state index is 0.106. The molecule has 3 fully saturated rings. The van der Waals surface area contributed by atoms with Crippen molar-refractivity contribution in [2.45, 2.75) is 24.7 Å². The smallest absolute Gasteiger partial charge is 0.306 e. The minimum Gasteiger partial charge on any atom is -0.481 e. The van der Waals surface area contributed by atoms with Crippen molar-refractivity contribution in [3.05, 3.63) is 47.0 Å². The molecule has 0 amide bonds. The van der Waals surface area contributed by atoms with Crippen molar-refractivity contribution in [1.82, 2.24) is 0 Å². The lowest BCUT2D eigenvalue weighted by Crippen LogP contribution is -2.47. The summed E-state index contributed by atoms with van der Waals surface area (Å²) in [5.74, 6) is 1.65. The van der Waals surface area contributed by atoms with Crippen LogP contribution in [0.5, 0.6) is 0 Å². The molecule has 4 bridgehead atoms. The zero-order chi connectivity index (χ0) is 15.1. The molecular formula is C19H19ClO2. The number of carboxylic acids is 1. The molecule has 0 spiro atoms. The van der Waals surface area contributed by atoms with Gasteiger partial charge in [-0.1, -0.05) is 42.0 Å². The van der Waals surface area contributed by atoms with E-state index >= 15 is 0 Å². The second kappa shape index (κ2) is 4.17. The molecule has 3 saturated carbocycles. The van der Waals surface area contributed by atoms with Crippen molar-refractivity contribution in [3.63, 3.8) is 0 Å². The van der Waals surface area contributed by atoms with Crippen LogP contribution in [0.1, 0.15) is 24.8 Å². The maximum atomic E-state index is 11.6. The predicted octanol–water partition coefficient (Wildman–Crippen LogP) is 4.14. The zero-order valence-corrected chi connectivity index (χ0v) is 13.0. The van der Waals surface area contributed by atoms with Crippen LogP contribution in [0.3, 0.4) is 0 Å². The topological polar surface area (TPSA) is 37.3 Å². The quantitative estimate of drug-likeness (QED) is 0.658. The number of halogens is 1. The van der Waals surface area contributed by atoms with E-state index in [-0.39, 0.29) is 11.3 Å². The molecule has 0 aromatic heterocycles. The molecule has 114 valence electrons. The lowest BCUT2D eigenvalue weighted by atomic mass is 9.56.